The first kappa shape index (κ1) is 22.3. The molecule has 30 heavy (non-hydrogen) atoms. The average Bonchev–Trinajstić information content (AvgIpc) is 3.05. The molecule has 0 aromatic heterocycles. The second kappa shape index (κ2) is 7.91. The number of rotatable bonds is 5. The van der Waals surface area contributed by atoms with Gasteiger partial charge in [-0.05, 0) is 85.4 Å². The molecule has 1 N–H and O–H groups in total. The summed E-state index contributed by atoms with van der Waals surface area (Å²) in [6, 6.07) is 0. The maximum atomic E-state index is 12.8. The van der Waals surface area contributed by atoms with Crippen LogP contribution in [0.3, 0.4) is 0 Å². The van der Waals surface area contributed by atoms with Crippen molar-refractivity contribution in [1.82, 2.24) is 0 Å². The molecule has 0 heterocycles. The number of ketones is 1. The van der Waals surface area contributed by atoms with E-state index in [1.807, 2.05) is 0 Å². The van der Waals surface area contributed by atoms with Gasteiger partial charge in [0.15, 0.2) is 0 Å². The lowest BCUT2D eigenvalue weighted by Gasteiger charge is -2.55. The first-order valence-corrected chi connectivity index (χ1v) is 12.7. The third kappa shape index (κ3) is 3.46. The van der Waals surface area contributed by atoms with E-state index in [1.165, 1.54) is 31.3 Å². The predicted octanol–water partition coefficient (Wildman–Crippen LogP) is 6.73. The van der Waals surface area contributed by atoms with Crippen LogP contribution in [0.5, 0.6) is 0 Å². The van der Waals surface area contributed by atoms with Gasteiger partial charge in [0, 0.05) is 12.3 Å². The van der Waals surface area contributed by atoms with Crippen LogP contribution in [-0.4, -0.2) is 17.0 Å². The summed E-state index contributed by atoms with van der Waals surface area (Å²) in [5.74, 6) is 3.59. The van der Waals surface area contributed by atoms with Crippen molar-refractivity contribution in [2.75, 3.05) is 0 Å². The summed E-state index contributed by atoms with van der Waals surface area (Å²) >= 11 is 0. The summed E-state index contributed by atoms with van der Waals surface area (Å²) < 4.78 is 0. The molecule has 0 amide bonds. The first-order chi connectivity index (χ1) is 14.1. The number of allylic oxidation sites excluding steroid dienone is 3. The lowest BCUT2D eigenvalue weighted by atomic mass is 9.50. The van der Waals surface area contributed by atoms with E-state index >= 15 is 0 Å². The topological polar surface area (TPSA) is 37.3 Å². The minimum atomic E-state index is -0.143. The van der Waals surface area contributed by atoms with Gasteiger partial charge >= 0.3 is 0 Å². The molecule has 4 aliphatic rings. The molecule has 168 valence electrons. The van der Waals surface area contributed by atoms with Crippen molar-refractivity contribution in [2.24, 2.45) is 46.3 Å². The molecule has 2 heteroatoms. The standard InChI is InChI=1S/C28H44O2/c1-17(2)19(4)26(30)15-18(3)23-9-10-24-22-8-7-20-16-21(29)11-13-27(20,5)25(22)12-14-28(23,24)6/h7-8,17-19,21,23-25,29H,9-16H2,1-6H3/t18-,19?,21+,23-,24+,25+,27+,28-/m1/s1. The van der Waals surface area contributed by atoms with Gasteiger partial charge in [-0.25, -0.2) is 0 Å². The van der Waals surface area contributed by atoms with Gasteiger partial charge in [-0.3, -0.25) is 4.79 Å². The average molecular weight is 413 g/mol. The number of aliphatic hydroxyl groups is 1. The molecule has 2 nitrogen and oxygen atoms in total. The summed E-state index contributed by atoms with van der Waals surface area (Å²) in [5, 5.41) is 10.2. The number of aliphatic hydroxyl groups excluding tert-OH is 1. The third-order valence-corrected chi connectivity index (χ3v) is 10.3. The zero-order chi connectivity index (χ0) is 21.8. The number of carbonyl (C=O) groups is 1. The van der Waals surface area contributed by atoms with Gasteiger partial charge in [0.1, 0.15) is 5.78 Å². The van der Waals surface area contributed by atoms with Crippen molar-refractivity contribution < 1.29 is 9.90 Å². The van der Waals surface area contributed by atoms with Gasteiger partial charge in [0.25, 0.3) is 0 Å². The molecule has 1 unspecified atom stereocenters. The zero-order valence-corrected chi connectivity index (χ0v) is 20.2. The molecule has 8 atom stereocenters. The van der Waals surface area contributed by atoms with Crippen molar-refractivity contribution in [3.05, 3.63) is 23.3 Å². The Hall–Kier alpha value is -0.890. The van der Waals surface area contributed by atoms with Crippen LogP contribution in [0.4, 0.5) is 0 Å². The SMILES string of the molecule is CC(C)C(C)C(=O)C[C@@H](C)[C@H]1CC[C@H]2C3=CC=C4C[C@@H](O)CC[C@]4(C)[C@H]3CC[C@]12C. The summed E-state index contributed by atoms with van der Waals surface area (Å²) in [5.41, 5.74) is 3.81. The molecule has 0 bridgehead atoms. The van der Waals surface area contributed by atoms with E-state index in [9.17, 15) is 9.90 Å². The Labute approximate surface area is 184 Å². The van der Waals surface area contributed by atoms with Crippen molar-refractivity contribution in [3.63, 3.8) is 0 Å². The van der Waals surface area contributed by atoms with Crippen LogP contribution in [0, 0.1) is 46.3 Å². The Bertz CT molecular complexity index is 746. The number of fused-ring (bicyclic) bond motifs is 5. The van der Waals surface area contributed by atoms with Crippen molar-refractivity contribution in [1.29, 1.82) is 0 Å². The van der Waals surface area contributed by atoms with Crippen LogP contribution < -0.4 is 0 Å². The van der Waals surface area contributed by atoms with Crippen molar-refractivity contribution >= 4 is 5.78 Å². The quantitative estimate of drug-likeness (QED) is 0.543. The Morgan fingerprint density at radius 2 is 1.77 bits per heavy atom. The minimum Gasteiger partial charge on any atom is -0.393 e. The first-order valence-electron chi connectivity index (χ1n) is 12.7. The minimum absolute atomic E-state index is 0.143. The van der Waals surface area contributed by atoms with E-state index < -0.39 is 0 Å². The highest BCUT2D eigenvalue weighted by molar-refractivity contribution is 5.81. The summed E-state index contributed by atoms with van der Waals surface area (Å²) in [6.07, 6.45) is 13.6. The zero-order valence-electron chi connectivity index (χ0n) is 20.2. The summed E-state index contributed by atoms with van der Waals surface area (Å²) in [7, 11) is 0. The van der Waals surface area contributed by atoms with Crippen LogP contribution >= 0.6 is 0 Å². The Kier molecular flexibility index (Phi) is 5.88. The maximum Gasteiger partial charge on any atom is 0.136 e. The maximum absolute atomic E-state index is 12.8. The second-order valence-electron chi connectivity index (χ2n) is 12.2. The van der Waals surface area contributed by atoms with Gasteiger partial charge in [-0.15, -0.1) is 0 Å². The number of carbonyl (C=O) groups excluding carboxylic acids is 1. The van der Waals surface area contributed by atoms with Crippen molar-refractivity contribution in [3.8, 4) is 0 Å². The third-order valence-electron chi connectivity index (χ3n) is 10.3. The largest absolute Gasteiger partial charge is 0.393 e. The van der Waals surface area contributed by atoms with E-state index in [2.05, 4.69) is 53.7 Å². The molecule has 0 aromatic carbocycles. The molecule has 0 saturated heterocycles. The monoisotopic (exact) mass is 412 g/mol. The number of Topliss-reactive ketones (excluding diaryl/α,β-unsaturated/α-hetero) is 1. The van der Waals surface area contributed by atoms with Gasteiger partial charge in [0.05, 0.1) is 6.10 Å². The molecule has 0 aliphatic heterocycles. The molecule has 3 saturated carbocycles. The number of hydrogen-bond acceptors (Lipinski definition) is 2. The summed E-state index contributed by atoms with van der Waals surface area (Å²) in [6.45, 7) is 13.8. The van der Waals surface area contributed by atoms with Gasteiger partial charge < -0.3 is 5.11 Å². The smallest absolute Gasteiger partial charge is 0.136 e. The molecule has 0 aromatic rings. The Morgan fingerprint density at radius 1 is 1.03 bits per heavy atom. The van der Waals surface area contributed by atoms with Gasteiger partial charge in [-0.2, -0.15) is 0 Å². The van der Waals surface area contributed by atoms with Gasteiger partial charge in [0.2, 0.25) is 0 Å². The molecule has 4 aliphatic carbocycles. The van der Waals surface area contributed by atoms with E-state index in [1.54, 1.807) is 5.57 Å². The lowest BCUT2D eigenvalue weighted by Crippen LogP contribution is -2.46. The lowest BCUT2D eigenvalue weighted by molar-refractivity contribution is -0.125. The van der Waals surface area contributed by atoms with Crippen molar-refractivity contribution in [2.45, 2.75) is 99.0 Å². The highest BCUT2D eigenvalue weighted by Gasteiger charge is 2.57. The highest BCUT2D eigenvalue weighted by Crippen LogP contribution is 2.66. The van der Waals surface area contributed by atoms with E-state index in [0.717, 1.165) is 25.7 Å². The normalized spacial score (nSPS) is 42.5. The van der Waals surface area contributed by atoms with Crippen LogP contribution in [0.25, 0.3) is 0 Å². The fourth-order valence-electron chi connectivity index (χ4n) is 7.98. The highest BCUT2D eigenvalue weighted by atomic mass is 16.3. The number of hydrogen-bond donors (Lipinski definition) is 1. The van der Waals surface area contributed by atoms with Crippen LogP contribution in [-0.2, 0) is 4.79 Å². The molecule has 4 rings (SSSR count). The fraction of sp³-hybridized carbons (Fsp3) is 0.821. The molecule has 0 spiro atoms. The molecular weight excluding hydrogens is 368 g/mol. The van der Waals surface area contributed by atoms with E-state index in [0.29, 0.717) is 40.8 Å². The Balaban J connectivity index is 1.54. The van der Waals surface area contributed by atoms with Gasteiger partial charge in [-0.1, -0.05) is 64.8 Å². The predicted molar refractivity (Wildman–Crippen MR) is 124 cm³/mol. The fourth-order valence-corrected chi connectivity index (χ4v) is 7.98. The Morgan fingerprint density at radius 3 is 2.47 bits per heavy atom. The molecule has 0 radical (unpaired) electrons. The second-order valence-corrected chi connectivity index (χ2v) is 12.2. The molecule has 3 fully saturated rings. The van der Waals surface area contributed by atoms with E-state index in [4.69, 9.17) is 0 Å². The van der Waals surface area contributed by atoms with Crippen LogP contribution in [0.15, 0.2) is 23.3 Å². The van der Waals surface area contributed by atoms with Crippen LogP contribution in [0.1, 0.15) is 92.9 Å². The van der Waals surface area contributed by atoms with E-state index in [-0.39, 0.29) is 17.4 Å². The molecular formula is C28H44O2. The summed E-state index contributed by atoms with van der Waals surface area (Å²) in [4.78, 5) is 12.8. The van der Waals surface area contributed by atoms with Crippen LogP contribution in [0.2, 0.25) is 0 Å².